The second kappa shape index (κ2) is 6.07. The van der Waals surface area contributed by atoms with Crippen molar-refractivity contribution in [3.05, 3.63) is 11.4 Å². The number of piperidine rings is 1. The maximum Gasteiger partial charge on any atom is 0.240 e. The average Bonchev–Trinajstić information content (AvgIpc) is 2.43. The summed E-state index contributed by atoms with van der Waals surface area (Å²) in [5, 5.41) is 0. The lowest BCUT2D eigenvalue weighted by atomic mass is 10.0. The van der Waals surface area contributed by atoms with Crippen molar-refractivity contribution >= 4 is 17.5 Å². The molecule has 0 radical (unpaired) electrons. The summed E-state index contributed by atoms with van der Waals surface area (Å²) in [5.74, 6) is 1.70. The van der Waals surface area contributed by atoms with Crippen LogP contribution in [0.1, 0.15) is 44.0 Å². The Balaban J connectivity index is 2.40. The van der Waals surface area contributed by atoms with E-state index in [1.165, 1.54) is 0 Å². The van der Waals surface area contributed by atoms with Gasteiger partial charge in [-0.1, -0.05) is 6.92 Å². The molecule has 1 unspecified atom stereocenters. The summed E-state index contributed by atoms with van der Waals surface area (Å²) < 4.78 is 0. The van der Waals surface area contributed by atoms with E-state index in [1.54, 1.807) is 0 Å². The van der Waals surface area contributed by atoms with E-state index in [1.807, 2.05) is 11.8 Å². The van der Waals surface area contributed by atoms with E-state index < -0.39 is 0 Å². The molecule has 20 heavy (non-hydrogen) atoms. The van der Waals surface area contributed by atoms with E-state index in [0.717, 1.165) is 55.9 Å². The van der Waals surface area contributed by atoms with Gasteiger partial charge in [-0.05, 0) is 32.6 Å². The summed E-state index contributed by atoms with van der Waals surface area (Å²) in [7, 11) is 0. The zero-order valence-corrected chi connectivity index (χ0v) is 12.2. The van der Waals surface area contributed by atoms with Crippen LogP contribution in [0, 0.1) is 6.92 Å². The Morgan fingerprint density at radius 1 is 1.40 bits per heavy atom. The van der Waals surface area contributed by atoms with E-state index >= 15 is 0 Å². The van der Waals surface area contributed by atoms with Gasteiger partial charge in [0, 0.05) is 18.5 Å². The van der Waals surface area contributed by atoms with Gasteiger partial charge in [-0.25, -0.2) is 9.97 Å². The minimum atomic E-state index is -0.293. The van der Waals surface area contributed by atoms with Crippen LogP contribution >= 0.6 is 0 Å². The fraction of sp³-hybridized carbons (Fsp3) is 0.643. The minimum absolute atomic E-state index is 0.286. The number of rotatable bonds is 4. The van der Waals surface area contributed by atoms with Crippen LogP contribution in [-0.4, -0.2) is 28.5 Å². The number of nitrogens with zero attached hydrogens (tertiary/aromatic N) is 3. The molecule has 2 rings (SSSR count). The number of carbonyl (C=O) groups excluding carboxylic acids is 1. The second-order valence-electron chi connectivity index (χ2n) is 5.33. The molecule has 0 aliphatic carbocycles. The minimum Gasteiger partial charge on any atom is -0.383 e. The Morgan fingerprint density at radius 2 is 2.15 bits per heavy atom. The van der Waals surface area contributed by atoms with Crippen LogP contribution in [0.4, 0.5) is 11.6 Å². The van der Waals surface area contributed by atoms with Gasteiger partial charge in [0.05, 0.1) is 0 Å². The topological polar surface area (TPSA) is 98.1 Å². The van der Waals surface area contributed by atoms with Crippen molar-refractivity contribution in [1.29, 1.82) is 0 Å². The highest BCUT2D eigenvalue weighted by Gasteiger charge is 2.29. The molecule has 4 N–H and O–H groups in total. The van der Waals surface area contributed by atoms with Gasteiger partial charge in [0.15, 0.2) is 0 Å². The molecule has 1 saturated heterocycles. The summed E-state index contributed by atoms with van der Waals surface area (Å²) in [5.41, 5.74) is 12.3. The van der Waals surface area contributed by atoms with Crippen LogP contribution in [0.5, 0.6) is 0 Å². The third kappa shape index (κ3) is 2.84. The number of aryl methyl sites for hydroxylation is 1. The third-order valence-electron chi connectivity index (χ3n) is 3.78. The molecule has 1 fully saturated rings. The Labute approximate surface area is 119 Å². The lowest BCUT2D eigenvalue weighted by Gasteiger charge is -2.35. The largest absolute Gasteiger partial charge is 0.383 e. The predicted molar refractivity (Wildman–Crippen MR) is 79.4 cm³/mol. The Morgan fingerprint density at radius 3 is 2.80 bits per heavy atom. The van der Waals surface area contributed by atoms with E-state index in [-0.39, 0.29) is 11.9 Å². The van der Waals surface area contributed by atoms with Crippen molar-refractivity contribution < 1.29 is 4.79 Å². The van der Waals surface area contributed by atoms with E-state index in [0.29, 0.717) is 5.82 Å². The van der Waals surface area contributed by atoms with Crippen LogP contribution in [0.2, 0.25) is 0 Å². The summed E-state index contributed by atoms with van der Waals surface area (Å²) in [6.45, 7) is 4.76. The average molecular weight is 277 g/mol. The number of nitrogen functional groups attached to an aromatic ring is 1. The first-order valence-electron chi connectivity index (χ1n) is 7.23. The van der Waals surface area contributed by atoms with Crippen molar-refractivity contribution in [3.8, 4) is 0 Å². The van der Waals surface area contributed by atoms with Crippen molar-refractivity contribution in [2.24, 2.45) is 5.73 Å². The van der Waals surface area contributed by atoms with Crippen LogP contribution < -0.4 is 16.4 Å². The molecule has 1 aliphatic heterocycles. The van der Waals surface area contributed by atoms with Crippen LogP contribution in [0.3, 0.4) is 0 Å². The molecule has 1 aromatic heterocycles. The van der Waals surface area contributed by atoms with Gasteiger partial charge in [-0.15, -0.1) is 0 Å². The summed E-state index contributed by atoms with van der Waals surface area (Å²) in [6, 6.07) is -0.286. The monoisotopic (exact) mass is 277 g/mol. The second-order valence-corrected chi connectivity index (χ2v) is 5.33. The van der Waals surface area contributed by atoms with Gasteiger partial charge in [0.25, 0.3) is 0 Å². The molecule has 0 aromatic carbocycles. The molecule has 0 bridgehead atoms. The van der Waals surface area contributed by atoms with Crippen LogP contribution in [0.15, 0.2) is 0 Å². The van der Waals surface area contributed by atoms with E-state index in [2.05, 4.69) is 16.9 Å². The molecule has 1 aromatic rings. The third-order valence-corrected chi connectivity index (χ3v) is 3.78. The maximum atomic E-state index is 11.7. The smallest absolute Gasteiger partial charge is 0.240 e. The van der Waals surface area contributed by atoms with Crippen molar-refractivity contribution in [2.75, 3.05) is 17.2 Å². The molecule has 6 heteroatoms. The molecule has 110 valence electrons. The first kappa shape index (κ1) is 14.6. The number of amides is 1. The molecule has 1 aliphatic rings. The fourth-order valence-electron chi connectivity index (χ4n) is 2.66. The van der Waals surface area contributed by atoms with E-state index in [9.17, 15) is 4.79 Å². The number of hydrogen-bond donors (Lipinski definition) is 2. The molecule has 0 spiro atoms. The van der Waals surface area contributed by atoms with Gasteiger partial charge < -0.3 is 16.4 Å². The van der Waals surface area contributed by atoms with Crippen molar-refractivity contribution in [2.45, 2.75) is 52.0 Å². The highest BCUT2D eigenvalue weighted by molar-refractivity contribution is 5.84. The fourth-order valence-corrected chi connectivity index (χ4v) is 2.66. The van der Waals surface area contributed by atoms with Gasteiger partial charge in [0.2, 0.25) is 5.91 Å². The summed E-state index contributed by atoms with van der Waals surface area (Å²) in [6.07, 6.45) is 4.58. The lowest BCUT2D eigenvalue weighted by Crippen LogP contribution is -2.48. The number of hydrogen-bond acceptors (Lipinski definition) is 5. The van der Waals surface area contributed by atoms with Crippen LogP contribution in [0.25, 0.3) is 0 Å². The van der Waals surface area contributed by atoms with Crippen LogP contribution in [-0.2, 0) is 11.2 Å². The van der Waals surface area contributed by atoms with Gasteiger partial charge >= 0.3 is 0 Å². The zero-order valence-electron chi connectivity index (χ0n) is 12.2. The Bertz CT molecular complexity index is 503. The number of anilines is 2. The van der Waals surface area contributed by atoms with Gasteiger partial charge in [-0.3, -0.25) is 4.79 Å². The quantitative estimate of drug-likeness (QED) is 0.860. The molecular weight excluding hydrogens is 254 g/mol. The number of aromatic nitrogens is 2. The molecule has 1 atom stereocenters. The molecule has 0 saturated carbocycles. The van der Waals surface area contributed by atoms with Crippen molar-refractivity contribution in [3.63, 3.8) is 0 Å². The lowest BCUT2D eigenvalue weighted by molar-refractivity contribution is -0.119. The molecule has 1 amide bonds. The predicted octanol–water partition coefficient (Wildman–Crippen LogP) is 1.16. The SMILES string of the molecule is CCCc1nc(N)c(C)c(N2CCCCC2C(N)=O)n1. The zero-order chi connectivity index (χ0) is 14.7. The maximum absolute atomic E-state index is 11.7. The highest BCUT2D eigenvalue weighted by Crippen LogP contribution is 2.28. The molecular formula is C14H23N5O. The van der Waals surface area contributed by atoms with Crippen molar-refractivity contribution in [1.82, 2.24) is 9.97 Å². The Kier molecular flexibility index (Phi) is 4.42. The summed E-state index contributed by atoms with van der Waals surface area (Å²) >= 11 is 0. The Hall–Kier alpha value is -1.85. The van der Waals surface area contributed by atoms with E-state index in [4.69, 9.17) is 11.5 Å². The summed E-state index contributed by atoms with van der Waals surface area (Å²) in [4.78, 5) is 22.6. The number of nitrogens with two attached hydrogens (primary N) is 2. The number of carbonyl (C=O) groups is 1. The standard InChI is InChI=1S/C14H23N5O/c1-3-6-11-17-12(15)9(2)14(18-11)19-8-5-4-7-10(19)13(16)20/h10H,3-8H2,1-2H3,(H2,16,20)(H2,15,17,18). The normalized spacial score (nSPS) is 19.1. The number of primary amides is 1. The van der Waals surface area contributed by atoms with Gasteiger partial charge in [-0.2, -0.15) is 0 Å². The first-order chi connectivity index (χ1) is 9.54. The molecule has 6 nitrogen and oxygen atoms in total. The highest BCUT2D eigenvalue weighted by atomic mass is 16.1. The molecule has 2 heterocycles. The van der Waals surface area contributed by atoms with Gasteiger partial charge in [0.1, 0.15) is 23.5 Å². The first-order valence-corrected chi connectivity index (χ1v) is 7.23.